The lowest BCUT2D eigenvalue weighted by Crippen LogP contribution is -2.43. The maximum absolute atomic E-state index is 12.0. The Labute approximate surface area is 125 Å². The van der Waals surface area contributed by atoms with Gasteiger partial charge in [0.1, 0.15) is 5.75 Å². The number of carbonyl (C=O) groups is 2. The number of nitrogens with zero attached hydrogens (tertiary/aromatic N) is 1. The second-order valence-electron chi connectivity index (χ2n) is 5.97. The second-order valence-corrected chi connectivity index (χ2v) is 5.97. The molecule has 1 aliphatic rings. The van der Waals surface area contributed by atoms with E-state index in [0.717, 1.165) is 0 Å². The first-order chi connectivity index (χ1) is 9.88. The normalized spacial score (nSPS) is 14.2. The highest BCUT2D eigenvalue weighted by Crippen LogP contribution is 2.35. The summed E-state index contributed by atoms with van der Waals surface area (Å²) < 4.78 is 5.44. The first-order valence-corrected chi connectivity index (χ1v) is 7.27. The van der Waals surface area contributed by atoms with E-state index >= 15 is 0 Å². The summed E-state index contributed by atoms with van der Waals surface area (Å²) in [5, 5.41) is 2.87. The van der Waals surface area contributed by atoms with Gasteiger partial charge in [0.05, 0.1) is 5.69 Å². The molecule has 1 N–H and O–H groups in total. The molecule has 1 aromatic carbocycles. The summed E-state index contributed by atoms with van der Waals surface area (Å²) in [5.41, 5.74) is 1.40. The zero-order valence-corrected chi connectivity index (χ0v) is 13.0. The predicted octanol–water partition coefficient (Wildman–Crippen LogP) is 2.81. The van der Waals surface area contributed by atoms with Crippen molar-refractivity contribution in [3.05, 3.63) is 18.2 Å². The Balaban J connectivity index is 2.24. The molecule has 21 heavy (non-hydrogen) atoms. The van der Waals surface area contributed by atoms with Crippen molar-refractivity contribution in [2.75, 3.05) is 16.8 Å². The Morgan fingerprint density at radius 2 is 2.05 bits per heavy atom. The molecule has 114 valence electrons. The number of anilines is 2. The van der Waals surface area contributed by atoms with E-state index in [2.05, 4.69) is 5.32 Å². The highest BCUT2D eigenvalue weighted by Gasteiger charge is 2.27. The molecule has 0 saturated carbocycles. The Morgan fingerprint density at radius 1 is 1.33 bits per heavy atom. The van der Waals surface area contributed by atoms with Crippen molar-refractivity contribution in [2.45, 2.75) is 40.2 Å². The van der Waals surface area contributed by atoms with E-state index in [1.807, 2.05) is 27.7 Å². The summed E-state index contributed by atoms with van der Waals surface area (Å²) in [4.78, 5) is 25.5. The summed E-state index contributed by atoms with van der Waals surface area (Å²) in [6.45, 7) is 7.97. The number of nitrogens with one attached hydrogen (secondary N) is 1. The first-order valence-electron chi connectivity index (χ1n) is 7.27. The highest BCUT2D eigenvalue weighted by atomic mass is 16.5. The number of carbonyl (C=O) groups excluding carboxylic acids is 2. The standard InChI is InChI=1S/C16H22N2O3/c1-10(2)7-15(19)17-12-5-6-14-13(8-12)18(11(3)4)16(20)9-21-14/h5-6,8,10-11H,7,9H2,1-4H3,(H,17,19). The van der Waals surface area contributed by atoms with Gasteiger partial charge in [0.25, 0.3) is 5.91 Å². The molecule has 0 fully saturated rings. The number of hydrogen-bond donors (Lipinski definition) is 1. The van der Waals surface area contributed by atoms with Crippen LogP contribution in [0.5, 0.6) is 5.75 Å². The smallest absolute Gasteiger partial charge is 0.265 e. The third-order valence-electron chi connectivity index (χ3n) is 3.23. The molecule has 0 spiro atoms. The number of amides is 2. The molecule has 1 aromatic rings. The van der Waals surface area contributed by atoms with Crippen LogP contribution < -0.4 is 15.0 Å². The third-order valence-corrected chi connectivity index (χ3v) is 3.23. The third kappa shape index (κ3) is 3.54. The van der Waals surface area contributed by atoms with Gasteiger partial charge >= 0.3 is 0 Å². The van der Waals surface area contributed by atoms with E-state index in [1.54, 1.807) is 23.1 Å². The highest BCUT2D eigenvalue weighted by molar-refractivity contribution is 6.00. The molecule has 5 nitrogen and oxygen atoms in total. The maximum Gasteiger partial charge on any atom is 0.265 e. The van der Waals surface area contributed by atoms with Crippen LogP contribution >= 0.6 is 0 Å². The van der Waals surface area contributed by atoms with Crippen molar-refractivity contribution in [1.29, 1.82) is 0 Å². The summed E-state index contributed by atoms with van der Waals surface area (Å²) in [6, 6.07) is 5.43. The van der Waals surface area contributed by atoms with Crippen molar-refractivity contribution < 1.29 is 14.3 Å². The predicted molar refractivity (Wildman–Crippen MR) is 82.6 cm³/mol. The van der Waals surface area contributed by atoms with E-state index in [0.29, 0.717) is 29.5 Å². The number of benzene rings is 1. The monoisotopic (exact) mass is 290 g/mol. The van der Waals surface area contributed by atoms with Crippen LogP contribution in [0.25, 0.3) is 0 Å². The molecule has 5 heteroatoms. The zero-order valence-electron chi connectivity index (χ0n) is 13.0. The lowest BCUT2D eigenvalue weighted by Gasteiger charge is -2.32. The number of hydrogen-bond acceptors (Lipinski definition) is 3. The van der Waals surface area contributed by atoms with Gasteiger partial charge in [-0.15, -0.1) is 0 Å². The van der Waals surface area contributed by atoms with E-state index < -0.39 is 0 Å². The maximum atomic E-state index is 12.0. The Kier molecular flexibility index (Phi) is 4.50. The Hall–Kier alpha value is -2.04. The van der Waals surface area contributed by atoms with Crippen molar-refractivity contribution in [3.8, 4) is 5.75 Å². The van der Waals surface area contributed by atoms with Gasteiger partial charge in [0.2, 0.25) is 5.91 Å². The van der Waals surface area contributed by atoms with Crippen LogP contribution in [0.4, 0.5) is 11.4 Å². The molecule has 1 heterocycles. The molecule has 0 aromatic heterocycles. The topological polar surface area (TPSA) is 58.6 Å². The van der Waals surface area contributed by atoms with Gasteiger partial charge in [-0.2, -0.15) is 0 Å². The van der Waals surface area contributed by atoms with Gasteiger partial charge in [0, 0.05) is 18.2 Å². The van der Waals surface area contributed by atoms with Crippen LogP contribution in [0.1, 0.15) is 34.1 Å². The lowest BCUT2D eigenvalue weighted by atomic mass is 10.1. The fourth-order valence-electron chi connectivity index (χ4n) is 2.40. The average Bonchev–Trinajstić information content (AvgIpc) is 2.36. The fourth-order valence-corrected chi connectivity index (χ4v) is 2.40. The molecule has 2 rings (SSSR count). The Morgan fingerprint density at radius 3 is 2.67 bits per heavy atom. The SMILES string of the molecule is CC(C)CC(=O)Nc1ccc2c(c1)N(C(C)C)C(=O)CO2. The number of rotatable bonds is 4. The van der Waals surface area contributed by atoms with Crippen LogP contribution in [0.3, 0.4) is 0 Å². The molecule has 0 saturated heterocycles. The summed E-state index contributed by atoms with van der Waals surface area (Å²) in [7, 11) is 0. The summed E-state index contributed by atoms with van der Waals surface area (Å²) in [6.07, 6.45) is 0.473. The van der Waals surface area contributed by atoms with Crippen LogP contribution in [-0.4, -0.2) is 24.5 Å². The fraction of sp³-hybridized carbons (Fsp3) is 0.500. The minimum Gasteiger partial charge on any atom is -0.482 e. The molecule has 0 radical (unpaired) electrons. The minimum atomic E-state index is -0.0665. The van der Waals surface area contributed by atoms with Gasteiger partial charge in [-0.1, -0.05) is 13.8 Å². The van der Waals surface area contributed by atoms with Crippen LogP contribution in [0, 0.1) is 5.92 Å². The van der Waals surface area contributed by atoms with Gasteiger partial charge in [-0.05, 0) is 38.0 Å². The second kappa shape index (κ2) is 6.16. The van der Waals surface area contributed by atoms with Gasteiger partial charge in [-0.3, -0.25) is 9.59 Å². The van der Waals surface area contributed by atoms with E-state index in [-0.39, 0.29) is 24.5 Å². The molecule has 2 amide bonds. The molecule has 0 bridgehead atoms. The summed E-state index contributed by atoms with van der Waals surface area (Å²) >= 11 is 0. The lowest BCUT2D eigenvalue weighted by molar-refractivity contribution is -0.121. The van der Waals surface area contributed by atoms with Gasteiger partial charge in [-0.25, -0.2) is 0 Å². The van der Waals surface area contributed by atoms with E-state index in [9.17, 15) is 9.59 Å². The first kappa shape index (κ1) is 15.4. The van der Waals surface area contributed by atoms with E-state index in [1.165, 1.54) is 0 Å². The van der Waals surface area contributed by atoms with Crippen LogP contribution in [-0.2, 0) is 9.59 Å². The average molecular weight is 290 g/mol. The van der Waals surface area contributed by atoms with Crippen LogP contribution in [0.2, 0.25) is 0 Å². The number of ether oxygens (including phenoxy) is 1. The minimum absolute atomic E-state index is 0.0240. The van der Waals surface area contributed by atoms with Crippen molar-refractivity contribution in [2.24, 2.45) is 5.92 Å². The van der Waals surface area contributed by atoms with Gasteiger partial charge in [0.15, 0.2) is 6.61 Å². The molecule has 1 aliphatic heterocycles. The molecule has 0 atom stereocenters. The van der Waals surface area contributed by atoms with Crippen molar-refractivity contribution >= 4 is 23.2 Å². The largest absolute Gasteiger partial charge is 0.482 e. The van der Waals surface area contributed by atoms with Crippen LogP contribution in [0.15, 0.2) is 18.2 Å². The van der Waals surface area contributed by atoms with Gasteiger partial charge < -0.3 is 15.0 Å². The van der Waals surface area contributed by atoms with Crippen molar-refractivity contribution in [3.63, 3.8) is 0 Å². The van der Waals surface area contributed by atoms with Crippen molar-refractivity contribution in [1.82, 2.24) is 0 Å². The summed E-state index contributed by atoms with van der Waals surface area (Å²) in [5.74, 6) is 0.886. The Bertz CT molecular complexity index is 552. The molecular weight excluding hydrogens is 268 g/mol. The molecular formula is C16H22N2O3. The van der Waals surface area contributed by atoms with E-state index in [4.69, 9.17) is 4.74 Å². The molecule has 0 unspecified atom stereocenters. The quantitative estimate of drug-likeness (QED) is 0.927. The number of fused-ring (bicyclic) bond motifs is 1. The zero-order chi connectivity index (χ0) is 15.6. The molecule has 0 aliphatic carbocycles.